The van der Waals surface area contributed by atoms with Gasteiger partial charge in [-0.05, 0) is 30.2 Å². The molecule has 1 aliphatic heterocycles. The maximum absolute atomic E-state index is 8.82. The Kier molecular flexibility index (Phi) is 4.86. The Morgan fingerprint density at radius 3 is 2.52 bits per heavy atom. The standard InChI is InChI=1S/C19H18N6/c1-14-18(17-6-4-3-5-7-17)23-24-19(22-14)25(2)21-13-16-10-8-15(12-20)9-11-16/h3-11,13-14H,1-2H3,(H,22,24)/b21-13+. The van der Waals surface area contributed by atoms with Crippen molar-refractivity contribution in [1.29, 1.82) is 5.26 Å². The van der Waals surface area contributed by atoms with Crippen LogP contribution in [0.15, 0.2) is 69.8 Å². The van der Waals surface area contributed by atoms with Crippen molar-refractivity contribution in [2.45, 2.75) is 13.0 Å². The molecule has 6 heteroatoms. The van der Waals surface area contributed by atoms with E-state index in [0.717, 1.165) is 16.8 Å². The van der Waals surface area contributed by atoms with Gasteiger partial charge in [-0.2, -0.15) is 15.5 Å². The van der Waals surface area contributed by atoms with Crippen LogP contribution in [-0.2, 0) is 0 Å². The number of benzene rings is 2. The monoisotopic (exact) mass is 330 g/mol. The highest BCUT2D eigenvalue weighted by atomic mass is 15.6. The second kappa shape index (κ2) is 7.41. The number of nitrogens with one attached hydrogen (secondary N) is 1. The number of hydrogen-bond donors (Lipinski definition) is 1. The molecule has 25 heavy (non-hydrogen) atoms. The first-order valence-electron chi connectivity index (χ1n) is 7.92. The molecule has 2 aromatic carbocycles. The van der Waals surface area contributed by atoms with Gasteiger partial charge in [0.1, 0.15) is 0 Å². The van der Waals surface area contributed by atoms with Gasteiger partial charge in [0.05, 0.1) is 29.6 Å². The molecule has 2 aromatic rings. The Bertz CT molecular complexity index is 859. The van der Waals surface area contributed by atoms with Crippen LogP contribution in [0.25, 0.3) is 0 Å². The average molecular weight is 330 g/mol. The fraction of sp³-hybridized carbons (Fsp3) is 0.158. The molecule has 3 rings (SSSR count). The zero-order chi connectivity index (χ0) is 17.6. The molecule has 1 atom stereocenters. The third-order valence-electron chi connectivity index (χ3n) is 3.78. The van der Waals surface area contributed by atoms with E-state index in [4.69, 9.17) is 5.26 Å². The van der Waals surface area contributed by atoms with Crippen LogP contribution in [0.2, 0.25) is 0 Å². The molecule has 1 heterocycles. The van der Waals surface area contributed by atoms with E-state index in [1.54, 1.807) is 23.4 Å². The largest absolute Gasteiger partial charge is 0.245 e. The second-order valence-electron chi connectivity index (χ2n) is 5.61. The molecule has 1 aliphatic rings. The van der Waals surface area contributed by atoms with Gasteiger partial charge in [-0.3, -0.25) is 0 Å². The van der Waals surface area contributed by atoms with Crippen LogP contribution >= 0.6 is 0 Å². The topological polar surface area (TPSA) is 76.1 Å². The lowest BCUT2D eigenvalue weighted by molar-refractivity contribution is 0.513. The quantitative estimate of drug-likeness (QED) is 0.694. The van der Waals surface area contributed by atoms with E-state index >= 15 is 0 Å². The van der Waals surface area contributed by atoms with Gasteiger partial charge in [-0.15, -0.1) is 0 Å². The fourth-order valence-corrected chi connectivity index (χ4v) is 2.40. The highest BCUT2D eigenvalue weighted by Gasteiger charge is 2.19. The van der Waals surface area contributed by atoms with Crippen molar-refractivity contribution < 1.29 is 0 Å². The summed E-state index contributed by atoms with van der Waals surface area (Å²) in [6, 6.07) is 19.2. The van der Waals surface area contributed by atoms with Crippen molar-refractivity contribution in [1.82, 2.24) is 10.4 Å². The lowest BCUT2D eigenvalue weighted by Crippen LogP contribution is -2.40. The van der Waals surface area contributed by atoms with Crippen LogP contribution in [0, 0.1) is 11.3 Å². The number of rotatable bonds is 3. The summed E-state index contributed by atoms with van der Waals surface area (Å²) in [4.78, 5) is 4.62. The minimum absolute atomic E-state index is 0.0637. The zero-order valence-electron chi connectivity index (χ0n) is 14.1. The number of aliphatic imine (C=N–C) groups is 1. The van der Waals surface area contributed by atoms with Crippen molar-refractivity contribution in [3.63, 3.8) is 0 Å². The summed E-state index contributed by atoms with van der Waals surface area (Å²) in [6.45, 7) is 2.00. The summed E-state index contributed by atoms with van der Waals surface area (Å²) in [5.41, 5.74) is 6.44. The van der Waals surface area contributed by atoms with Gasteiger partial charge in [0.25, 0.3) is 0 Å². The Balaban J connectivity index is 1.68. The normalized spacial score (nSPS) is 16.6. The number of nitrogens with zero attached hydrogens (tertiary/aromatic N) is 5. The molecule has 1 N–H and O–H groups in total. The first kappa shape index (κ1) is 16.4. The van der Waals surface area contributed by atoms with Gasteiger partial charge in [-0.25, -0.2) is 15.4 Å². The highest BCUT2D eigenvalue weighted by Crippen LogP contribution is 2.11. The van der Waals surface area contributed by atoms with E-state index in [2.05, 4.69) is 26.7 Å². The molecule has 0 aliphatic carbocycles. The minimum Gasteiger partial charge on any atom is -0.245 e. The Morgan fingerprint density at radius 1 is 1.16 bits per heavy atom. The molecule has 124 valence electrons. The summed E-state index contributed by atoms with van der Waals surface area (Å²) in [7, 11) is 1.81. The SMILES string of the molecule is CC1N=C(N(C)/N=C/c2ccc(C#N)cc2)NN=C1c1ccccc1. The van der Waals surface area contributed by atoms with E-state index in [1.807, 2.05) is 56.4 Å². The van der Waals surface area contributed by atoms with E-state index in [-0.39, 0.29) is 6.04 Å². The van der Waals surface area contributed by atoms with Crippen LogP contribution in [0.1, 0.15) is 23.6 Å². The summed E-state index contributed by atoms with van der Waals surface area (Å²) in [5.74, 6) is 0.581. The third-order valence-corrected chi connectivity index (χ3v) is 3.78. The number of nitriles is 1. The zero-order valence-corrected chi connectivity index (χ0v) is 14.1. The maximum atomic E-state index is 8.82. The summed E-state index contributed by atoms with van der Waals surface area (Å²) in [5, 5.41) is 19.3. The Labute approximate surface area is 146 Å². The van der Waals surface area contributed by atoms with Crippen molar-refractivity contribution in [3.05, 3.63) is 71.3 Å². The molecular weight excluding hydrogens is 312 g/mol. The highest BCUT2D eigenvalue weighted by molar-refractivity contribution is 6.07. The molecule has 0 radical (unpaired) electrons. The fourth-order valence-electron chi connectivity index (χ4n) is 2.40. The van der Waals surface area contributed by atoms with E-state index < -0.39 is 0 Å². The smallest absolute Gasteiger partial charge is 0.236 e. The molecule has 0 bridgehead atoms. The number of hydrazone groups is 2. The summed E-state index contributed by atoms with van der Waals surface area (Å²) in [6.07, 6.45) is 1.71. The van der Waals surface area contributed by atoms with Gasteiger partial charge >= 0.3 is 0 Å². The van der Waals surface area contributed by atoms with Crippen LogP contribution in [0.4, 0.5) is 0 Å². The molecule has 0 amide bonds. The molecule has 6 nitrogen and oxygen atoms in total. The molecule has 0 fully saturated rings. The van der Waals surface area contributed by atoms with E-state index in [9.17, 15) is 0 Å². The molecule has 0 saturated carbocycles. The van der Waals surface area contributed by atoms with Gasteiger partial charge in [0, 0.05) is 7.05 Å². The predicted octanol–water partition coefficient (Wildman–Crippen LogP) is 2.58. The molecule has 0 saturated heterocycles. The molecule has 1 unspecified atom stereocenters. The Morgan fingerprint density at radius 2 is 1.88 bits per heavy atom. The van der Waals surface area contributed by atoms with E-state index in [0.29, 0.717) is 11.5 Å². The maximum Gasteiger partial charge on any atom is 0.236 e. The molecular formula is C19H18N6. The van der Waals surface area contributed by atoms with Crippen LogP contribution in [0.3, 0.4) is 0 Å². The van der Waals surface area contributed by atoms with Gasteiger partial charge < -0.3 is 0 Å². The lowest BCUT2D eigenvalue weighted by atomic mass is 10.0. The summed E-state index contributed by atoms with van der Waals surface area (Å²) < 4.78 is 0. The van der Waals surface area contributed by atoms with Crippen molar-refractivity contribution in [2.24, 2.45) is 15.2 Å². The predicted molar refractivity (Wildman–Crippen MR) is 99.5 cm³/mol. The van der Waals surface area contributed by atoms with E-state index in [1.165, 1.54) is 0 Å². The van der Waals surface area contributed by atoms with Crippen LogP contribution < -0.4 is 5.43 Å². The van der Waals surface area contributed by atoms with Gasteiger partial charge in [0.15, 0.2) is 0 Å². The third kappa shape index (κ3) is 3.90. The Hall–Kier alpha value is -3.46. The van der Waals surface area contributed by atoms with Gasteiger partial charge in [-0.1, -0.05) is 42.5 Å². The van der Waals surface area contributed by atoms with Gasteiger partial charge in [0.2, 0.25) is 5.96 Å². The van der Waals surface area contributed by atoms with Crippen molar-refractivity contribution >= 4 is 17.9 Å². The first-order valence-corrected chi connectivity index (χ1v) is 7.92. The first-order chi connectivity index (χ1) is 12.2. The molecule has 0 spiro atoms. The van der Waals surface area contributed by atoms with Crippen LogP contribution in [-0.4, -0.2) is 36.0 Å². The molecule has 0 aromatic heterocycles. The average Bonchev–Trinajstić information content (AvgIpc) is 2.67. The minimum atomic E-state index is -0.0637. The van der Waals surface area contributed by atoms with Crippen molar-refractivity contribution in [3.8, 4) is 6.07 Å². The number of hydrogen-bond acceptors (Lipinski definition) is 6. The summed E-state index contributed by atoms with van der Waals surface area (Å²) >= 11 is 0. The second-order valence-corrected chi connectivity index (χ2v) is 5.61. The number of guanidine groups is 1. The van der Waals surface area contributed by atoms with Crippen molar-refractivity contribution in [2.75, 3.05) is 7.05 Å². The van der Waals surface area contributed by atoms with Crippen LogP contribution in [0.5, 0.6) is 0 Å². The lowest BCUT2D eigenvalue weighted by Gasteiger charge is -2.23.